The van der Waals surface area contributed by atoms with Gasteiger partial charge in [0.2, 0.25) is 16.0 Å². The maximum atomic E-state index is 13.6. The number of hydrogen-bond acceptors (Lipinski definition) is 7. The van der Waals surface area contributed by atoms with Gasteiger partial charge in [-0.25, -0.2) is 18.1 Å². The van der Waals surface area contributed by atoms with Crippen LogP contribution in [0, 0.1) is 6.92 Å². The van der Waals surface area contributed by atoms with E-state index < -0.39 is 21.8 Å². The second-order valence-electron chi connectivity index (χ2n) is 9.43. The fourth-order valence-corrected chi connectivity index (χ4v) is 5.69. The molecule has 1 aromatic heterocycles. The summed E-state index contributed by atoms with van der Waals surface area (Å²) in [5.74, 6) is 0.171. The van der Waals surface area contributed by atoms with Crippen LogP contribution in [0.25, 0.3) is 22.2 Å². The van der Waals surface area contributed by atoms with Crippen LogP contribution in [0.3, 0.4) is 0 Å². The number of aromatic nitrogens is 3. The van der Waals surface area contributed by atoms with Crippen LogP contribution in [0.5, 0.6) is 0 Å². The molecule has 0 amide bonds. The molecule has 204 valence electrons. The molecule has 0 spiro atoms. The molecular weight excluding hydrogens is 529 g/mol. The number of nitrogens with zero attached hydrogens (tertiary/aromatic N) is 4. The highest BCUT2D eigenvalue weighted by Crippen LogP contribution is 2.38. The molecule has 1 saturated heterocycles. The molecule has 2 heterocycles. The van der Waals surface area contributed by atoms with Gasteiger partial charge in [-0.2, -0.15) is 13.2 Å². The van der Waals surface area contributed by atoms with E-state index in [0.29, 0.717) is 40.9 Å². The molecule has 2 N–H and O–H groups in total. The predicted molar refractivity (Wildman–Crippen MR) is 143 cm³/mol. The number of likely N-dealkylation sites (tertiary alicyclic amines) is 1. The lowest BCUT2D eigenvalue weighted by Crippen LogP contribution is -2.33. The first-order valence-electron chi connectivity index (χ1n) is 12.5. The number of sulfonamides is 1. The number of benzene rings is 3. The quantitative estimate of drug-likeness (QED) is 0.310. The molecule has 8 nitrogen and oxygen atoms in total. The van der Waals surface area contributed by atoms with E-state index in [0.717, 1.165) is 32.0 Å². The van der Waals surface area contributed by atoms with Crippen LogP contribution >= 0.6 is 0 Å². The SMILES string of the molecule is Cc1cc2nc(Nc3ccc(S(=O)(=O)NCCN4CCCC4)cc3)nnc2cc1-c1ccccc1C(F)(F)F. The van der Waals surface area contributed by atoms with E-state index in [1.54, 1.807) is 37.3 Å². The molecule has 12 heteroatoms. The Hall–Kier alpha value is -3.61. The fourth-order valence-electron chi connectivity index (χ4n) is 4.67. The first-order chi connectivity index (χ1) is 18.6. The summed E-state index contributed by atoms with van der Waals surface area (Å²) in [6, 6.07) is 14.8. The van der Waals surface area contributed by atoms with Gasteiger partial charge >= 0.3 is 6.18 Å². The lowest BCUT2D eigenvalue weighted by atomic mass is 9.95. The number of nitrogens with one attached hydrogen (secondary N) is 2. The monoisotopic (exact) mass is 556 g/mol. The average molecular weight is 557 g/mol. The van der Waals surface area contributed by atoms with E-state index in [9.17, 15) is 21.6 Å². The van der Waals surface area contributed by atoms with Crippen LogP contribution in [0.15, 0.2) is 65.6 Å². The molecule has 3 aromatic carbocycles. The summed E-state index contributed by atoms with van der Waals surface area (Å²) in [4.78, 5) is 6.83. The average Bonchev–Trinajstić information content (AvgIpc) is 3.42. The highest BCUT2D eigenvalue weighted by molar-refractivity contribution is 7.89. The van der Waals surface area contributed by atoms with Gasteiger partial charge < -0.3 is 10.2 Å². The Morgan fingerprint density at radius 1 is 0.923 bits per heavy atom. The molecule has 1 aliphatic rings. The van der Waals surface area contributed by atoms with Crippen molar-refractivity contribution in [1.82, 2.24) is 24.8 Å². The van der Waals surface area contributed by atoms with Gasteiger partial charge in [0.05, 0.1) is 16.0 Å². The third kappa shape index (κ3) is 6.18. The van der Waals surface area contributed by atoms with Gasteiger partial charge in [0.15, 0.2) is 0 Å². The molecule has 0 unspecified atom stereocenters. The number of halogens is 3. The standard InChI is InChI=1S/C27H27F3N6O2S/c1-18-16-24-25(17-22(18)21-6-2-3-7-23(21)27(28,29)30)34-35-26(33-24)32-19-8-10-20(11-9-19)39(37,38)31-12-15-36-13-4-5-14-36/h2-3,6-11,16-17,31H,4-5,12-15H2,1H3,(H,32,33,35). The summed E-state index contributed by atoms with van der Waals surface area (Å²) in [7, 11) is -3.63. The maximum Gasteiger partial charge on any atom is 0.417 e. The molecule has 0 bridgehead atoms. The Bertz CT molecular complexity index is 1590. The van der Waals surface area contributed by atoms with Gasteiger partial charge in [-0.05, 0) is 92.0 Å². The summed E-state index contributed by atoms with van der Waals surface area (Å²) < 4.78 is 68.5. The first kappa shape index (κ1) is 27.0. The highest BCUT2D eigenvalue weighted by Gasteiger charge is 2.33. The van der Waals surface area contributed by atoms with Crippen molar-refractivity contribution in [3.8, 4) is 11.1 Å². The van der Waals surface area contributed by atoms with Crippen LogP contribution in [-0.2, 0) is 16.2 Å². The van der Waals surface area contributed by atoms with Gasteiger partial charge in [-0.15, -0.1) is 10.2 Å². The van der Waals surface area contributed by atoms with E-state index in [-0.39, 0.29) is 16.4 Å². The Balaban J connectivity index is 1.31. The molecule has 0 radical (unpaired) electrons. The Morgan fingerprint density at radius 3 is 2.36 bits per heavy atom. The van der Waals surface area contributed by atoms with Crippen molar-refractivity contribution in [2.75, 3.05) is 31.5 Å². The number of alkyl halides is 3. The van der Waals surface area contributed by atoms with Crippen molar-refractivity contribution in [3.63, 3.8) is 0 Å². The van der Waals surface area contributed by atoms with Gasteiger partial charge in [-0.1, -0.05) is 18.2 Å². The number of rotatable bonds is 8. The number of anilines is 2. The van der Waals surface area contributed by atoms with Crippen LogP contribution in [0.1, 0.15) is 24.0 Å². The molecule has 4 aromatic rings. The summed E-state index contributed by atoms with van der Waals surface area (Å²) in [6.07, 6.45) is -2.20. The topological polar surface area (TPSA) is 100 Å². The normalized spacial score (nSPS) is 14.7. The fraction of sp³-hybridized carbons (Fsp3) is 0.296. The zero-order valence-electron chi connectivity index (χ0n) is 21.2. The van der Waals surface area contributed by atoms with Crippen molar-refractivity contribution < 1.29 is 21.6 Å². The second-order valence-corrected chi connectivity index (χ2v) is 11.2. The second kappa shape index (κ2) is 10.9. The number of hydrogen-bond donors (Lipinski definition) is 2. The minimum Gasteiger partial charge on any atom is -0.323 e. The number of fused-ring (bicyclic) bond motifs is 1. The largest absolute Gasteiger partial charge is 0.417 e. The van der Waals surface area contributed by atoms with E-state index in [2.05, 4.69) is 30.1 Å². The zero-order chi connectivity index (χ0) is 27.6. The molecule has 0 saturated carbocycles. The lowest BCUT2D eigenvalue weighted by molar-refractivity contribution is -0.137. The number of aryl methyl sites for hydroxylation is 1. The predicted octanol–water partition coefficient (Wildman–Crippen LogP) is 5.14. The van der Waals surface area contributed by atoms with Crippen LogP contribution in [0.4, 0.5) is 24.8 Å². The minimum atomic E-state index is -4.49. The third-order valence-electron chi connectivity index (χ3n) is 6.66. The molecule has 0 atom stereocenters. The van der Waals surface area contributed by atoms with Crippen molar-refractivity contribution in [3.05, 3.63) is 71.8 Å². The third-order valence-corrected chi connectivity index (χ3v) is 8.14. The van der Waals surface area contributed by atoms with Gasteiger partial charge in [0.25, 0.3) is 0 Å². The highest BCUT2D eigenvalue weighted by atomic mass is 32.2. The van der Waals surface area contributed by atoms with E-state index in [4.69, 9.17) is 0 Å². The molecular formula is C27H27F3N6O2S. The summed E-state index contributed by atoms with van der Waals surface area (Å²) >= 11 is 0. The summed E-state index contributed by atoms with van der Waals surface area (Å²) in [6.45, 7) is 4.75. The summed E-state index contributed by atoms with van der Waals surface area (Å²) in [5.41, 5.74) is 1.71. The summed E-state index contributed by atoms with van der Waals surface area (Å²) in [5, 5.41) is 11.2. The van der Waals surface area contributed by atoms with Gasteiger partial charge in [0.1, 0.15) is 5.52 Å². The van der Waals surface area contributed by atoms with E-state index >= 15 is 0 Å². The maximum absolute atomic E-state index is 13.6. The van der Waals surface area contributed by atoms with Crippen molar-refractivity contribution in [1.29, 1.82) is 0 Å². The van der Waals surface area contributed by atoms with Crippen molar-refractivity contribution in [2.45, 2.75) is 30.8 Å². The Labute approximate surface area is 224 Å². The minimum absolute atomic E-state index is 0.0639. The van der Waals surface area contributed by atoms with Crippen molar-refractivity contribution in [2.24, 2.45) is 0 Å². The molecule has 5 rings (SSSR count). The Morgan fingerprint density at radius 2 is 1.64 bits per heavy atom. The molecule has 0 aliphatic carbocycles. The van der Waals surface area contributed by atoms with Gasteiger partial charge in [-0.3, -0.25) is 0 Å². The van der Waals surface area contributed by atoms with Crippen LogP contribution in [0.2, 0.25) is 0 Å². The molecule has 1 aliphatic heterocycles. The van der Waals surface area contributed by atoms with Crippen molar-refractivity contribution >= 4 is 32.7 Å². The smallest absolute Gasteiger partial charge is 0.323 e. The molecule has 39 heavy (non-hydrogen) atoms. The Kier molecular flexibility index (Phi) is 7.52. The van der Waals surface area contributed by atoms with Crippen LogP contribution in [-0.4, -0.2) is 54.7 Å². The first-order valence-corrected chi connectivity index (χ1v) is 14.0. The lowest BCUT2D eigenvalue weighted by Gasteiger charge is -2.15. The van der Waals surface area contributed by atoms with E-state index in [1.165, 1.54) is 24.3 Å². The van der Waals surface area contributed by atoms with E-state index in [1.807, 2.05) is 0 Å². The van der Waals surface area contributed by atoms with Crippen LogP contribution < -0.4 is 10.0 Å². The molecule has 1 fully saturated rings. The van der Waals surface area contributed by atoms with Gasteiger partial charge in [0, 0.05) is 18.8 Å². The zero-order valence-corrected chi connectivity index (χ0v) is 22.0.